The highest BCUT2D eigenvalue weighted by Gasteiger charge is 2.22. The Kier molecular flexibility index (Phi) is 2.44. The molecule has 3 rings (SSSR count). The molecule has 15 heavy (non-hydrogen) atoms. The summed E-state index contributed by atoms with van der Waals surface area (Å²) < 4.78 is 5.22. The van der Waals surface area contributed by atoms with Gasteiger partial charge in [0.25, 0.3) is 0 Å². The summed E-state index contributed by atoms with van der Waals surface area (Å²) in [5.74, 6) is 2.44. The zero-order valence-electron chi connectivity index (χ0n) is 8.91. The van der Waals surface area contributed by atoms with Crippen molar-refractivity contribution in [3.05, 3.63) is 11.7 Å². The Labute approximate surface area is 89.4 Å². The Balaban J connectivity index is 1.50. The summed E-state index contributed by atoms with van der Waals surface area (Å²) in [7, 11) is 0. The third kappa shape index (κ3) is 2.37. The van der Waals surface area contributed by atoms with Crippen molar-refractivity contribution in [1.29, 1.82) is 0 Å². The summed E-state index contributed by atoms with van der Waals surface area (Å²) in [6.45, 7) is 0.763. The van der Waals surface area contributed by atoms with E-state index in [1.54, 1.807) is 0 Å². The second-order valence-electron chi connectivity index (χ2n) is 4.76. The summed E-state index contributed by atoms with van der Waals surface area (Å²) in [4.78, 5) is 4.39. The van der Waals surface area contributed by atoms with Gasteiger partial charge >= 0.3 is 0 Å². The largest absolute Gasteiger partial charge is 0.339 e. The van der Waals surface area contributed by atoms with Crippen LogP contribution in [-0.4, -0.2) is 16.2 Å². The minimum atomic E-state index is 0.707. The molecule has 0 aromatic carbocycles. The van der Waals surface area contributed by atoms with Crippen molar-refractivity contribution < 1.29 is 4.52 Å². The minimum Gasteiger partial charge on any atom is -0.339 e. The van der Waals surface area contributed by atoms with Crippen LogP contribution in [0.5, 0.6) is 0 Å². The Morgan fingerprint density at radius 2 is 2.13 bits per heavy atom. The maximum absolute atomic E-state index is 5.22. The Morgan fingerprint density at radius 1 is 1.27 bits per heavy atom. The fourth-order valence-corrected chi connectivity index (χ4v) is 1.91. The van der Waals surface area contributed by atoms with Gasteiger partial charge in [0.15, 0.2) is 5.82 Å². The molecular weight excluding hydrogens is 190 g/mol. The van der Waals surface area contributed by atoms with Crippen LogP contribution in [0.3, 0.4) is 0 Å². The molecule has 2 aliphatic rings. The second-order valence-corrected chi connectivity index (χ2v) is 4.76. The van der Waals surface area contributed by atoms with E-state index in [1.807, 2.05) is 0 Å². The second kappa shape index (κ2) is 3.93. The molecule has 4 nitrogen and oxygen atoms in total. The van der Waals surface area contributed by atoms with E-state index in [2.05, 4.69) is 15.5 Å². The van der Waals surface area contributed by atoms with Crippen molar-refractivity contribution in [2.24, 2.45) is 5.92 Å². The lowest BCUT2D eigenvalue weighted by molar-refractivity contribution is 0.273. The molecule has 0 amide bonds. The molecule has 0 spiro atoms. The molecule has 4 heteroatoms. The molecule has 82 valence electrons. The van der Waals surface area contributed by atoms with Crippen LogP contribution in [0.1, 0.15) is 43.8 Å². The number of nitrogens with one attached hydrogen (secondary N) is 1. The third-order valence-corrected chi connectivity index (χ3v) is 3.32. The highest BCUT2D eigenvalue weighted by Crippen LogP contribution is 2.29. The van der Waals surface area contributed by atoms with Gasteiger partial charge in [-0.3, -0.25) is 0 Å². The average Bonchev–Trinajstić information content (AvgIpc) is 2.89. The highest BCUT2D eigenvalue weighted by atomic mass is 16.5. The van der Waals surface area contributed by atoms with Gasteiger partial charge in [0.1, 0.15) is 0 Å². The fraction of sp³-hybridized carbons (Fsp3) is 0.818. The molecule has 1 heterocycles. The van der Waals surface area contributed by atoms with Crippen molar-refractivity contribution in [3.8, 4) is 0 Å². The van der Waals surface area contributed by atoms with E-state index in [-0.39, 0.29) is 0 Å². The smallest absolute Gasteiger partial charge is 0.226 e. The zero-order chi connectivity index (χ0) is 10.1. The van der Waals surface area contributed by atoms with Crippen molar-refractivity contribution in [2.75, 3.05) is 0 Å². The summed E-state index contributed by atoms with van der Waals surface area (Å²) in [5, 5.41) is 7.36. The predicted molar refractivity (Wildman–Crippen MR) is 55.2 cm³/mol. The van der Waals surface area contributed by atoms with Gasteiger partial charge < -0.3 is 9.84 Å². The summed E-state index contributed by atoms with van der Waals surface area (Å²) in [5.41, 5.74) is 0. The van der Waals surface area contributed by atoms with Gasteiger partial charge in [0, 0.05) is 12.5 Å². The van der Waals surface area contributed by atoms with Crippen LogP contribution in [0.2, 0.25) is 0 Å². The minimum absolute atomic E-state index is 0.707. The lowest BCUT2D eigenvalue weighted by Gasteiger charge is -2.23. The topological polar surface area (TPSA) is 51.0 Å². The first-order chi connectivity index (χ1) is 7.40. The summed E-state index contributed by atoms with van der Waals surface area (Å²) in [6.07, 6.45) is 7.61. The standard InChI is InChI=1S/C11H17N3O/c1-2-8(3-1)6-11-13-10(14-15-11)7-12-9-4-5-9/h8-9,12H,1-7H2. The zero-order valence-corrected chi connectivity index (χ0v) is 8.91. The molecule has 2 aliphatic carbocycles. The quantitative estimate of drug-likeness (QED) is 0.797. The normalized spacial score (nSPS) is 21.6. The molecule has 1 aromatic rings. The van der Waals surface area contributed by atoms with Crippen molar-refractivity contribution in [1.82, 2.24) is 15.5 Å². The van der Waals surface area contributed by atoms with Crippen molar-refractivity contribution in [2.45, 2.75) is 51.1 Å². The number of aromatic nitrogens is 2. The lowest BCUT2D eigenvalue weighted by Crippen LogP contribution is -2.16. The van der Waals surface area contributed by atoms with E-state index in [4.69, 9.17) is 4.52 Å². The van der Waals surface area contributed by atoms with E-state index in [0.29, 0.717) is 6.04 Å². The summed E-state index contributed by atoms with van der Waals surface area (Å²) >= 11 is 0. The Morgan fingerprint density at radius 3 is 2.80 bits per heavy atom. The lowest BCUT2D eigenvalue weighted by atomic mass is 9.83. The molecule has 0 unspecified atom stereocenters. The monoisotopic (exact) mass is 207 g/mol. The van der Waals surface area contributed by atoms with Gasteiger partial charge in [-0.05, 0) is 31.6 Å². The Bertz CT molecular complexity index is 328. The molecule has 1 aromatic heterocycles. The molecular formula is C11H17N3O. The van der Waals surface area contributed by atoms with Gasteiger partial charge in [-0.15, -0.1) is 0 Å². The summed E-state index contributed by atoms with van der Waals surface area (Å²) in [6, 6.07) is 0.707. The number of hydrogen-bond donors (Lipinski definition) is 1. The third-order valence-electron chi connectivity index (χ3n) is 3.32. The first-order valence-electron chi connectivity index (χ1n) is 5.95. The van der Waals surface area contributed by atoms with Crippen LogP contribution in [0.4, 0.5) is 0 Å². The van der Waals surface area contributed by atoms with Gasteiger partial charge in [-0.2, -0.15) is 4.98 Å². The van der Waals surface area contributed by atoms with E-state index in [0.717, 1.165) is 30.6 Å². The van der Waals surface area contributed by atoms with Crippen LogP contribution in [0.25, 0.3) is 0 Å². The van der Waals surface area contributed by atoms with Crippen LogP contribution in [0, 0.1) is 5.92 Å². The number of hydrogen-bond acceptors (Lipinski definition) is 4. The van der Waals surface area contributed by atoms with Crippen LogP contribution in [-0.2, 0) is 13.0 Å². The Hall–Kier alpha value is -0.900. The predicted octanol–water partition coefficient (Wildman–Crippen LogP) is 1.66. The molecule has 0 saturated heterocycles. The molecule has 2 saturated carbocycles. The molecule has 2 fully saturated rings. The SMILES string of the molecule is C1CC(Cc2nc(CNC3CC3)no2)C1. The van der Waals surface area contributed by atoms with Crippen molar-refractivity contribution >= 4 is 0 Å². The highest BCUT2D eigenvalue weighted by molar-refractivity contribution is 4.91. The van der Waals surface area contributed by atoms with E-state index < -0.39 is 0 Å². The average molecular weight is 207 g/mol. The molecule has 0 radical (unpaired) electrons. The van der Waals surface area contributed by atoms with E-state index in [1.165, 1.54) is 32.1 Å². The van der Waals surface area contributed by atoms with Gasteiger partial charge in [0.2, 0.25) is 5.89 Å². The fourth-order valence-electron chi connectivity index (χ4n) is 1.91. The maximum atomic E-state index is 5.22. The van der Waals surface area contributed by atoms with Crippen LogP contribution >= 0.6 is 0 Å². The number of rotatable bonds is 5. The first kappa shape index (κ1) is 9.33. The van der Waals surface area contributed by atoms with E-state index >= 15 is 0 Å². The van der Waals surface area contributed by atoms with Crippen LogP contribution in [0.15, 0.2) is 4.52 Å². The molecule has 0 aliphatic heterocycles. The molecule has 1 N–H and O–H groups in total. The van der Waals surface area contributed by atoms with E-state index in [9.17, 15) is 0 Å². The van der Waals surface area contributed by atoms with Crippen molar-refractivity contribution in [3.63, 3.8) is 0 Å². The molecule has 0 bridgehead atoms. The number of nitrogens with zero attached hydrogens (tertiary/aromatic N) is 2. The van der Waals surface area contributed by atoms with Gasteiger partial charge in [0.05, 0.1) is 6.54 Å². The van der Waals surface area contributed by atoms with Gasteiger partial charge in [-0.25, -0.2) is 0 Å². The first-order valence-corrected chi connectivity index (χ1v) is 5.95. The maximum Gasteiger partial charge on any atom is 0.226 e. The van der Waals surface area contributed by atoms with Gasteiger partial charge in [-0.1, -0.05) is 11.6 Å². The molecule has 0 atom stereocenters. The van der Waals surface area contributed by atoms with Crippen LogP contribution < -0.4 is 5.32 Å².